The second kappa shape index (κ2) is 6.90. The summed E-state index contributed by atoms with van der Waals surface area (Å²) in [6, 6.07) is 2.77. The average molecular weight is 251 g/mol. The van der Waals surface area contributed by atoms with Crippen molar-refractivity contribution in [2.24, 2.45) is 0 Å². The van der Waals surface area contributed by atoms with Crippen LogP contribution in [0.2, 0.25) is 0 Å². The lowest BCUT2D eigenvalue weighted by atomic mass is 10.1. The molecule has 1 aliphatic rings. The van der Waals surface area contributed by atoms with Gasteiger partial charge in [0.2, 0.25) is 0 Å². The summed E-state index contributed by atoms with van der Waals surface area (Å²) in [5, 5.41) is 7.14. The fourth-order valence-corrected chi connectivity index (χ4v) is 2.77. The molecule has 0 spiro atoms. The molecule has 18 heavy (non-hydrogen) atoms. The minimum Gasteiger partial charge on any atom is -0.360 e. The van der Waals surface area contributed by atoms with Crippen LogP contribution >= 0.6 is 0 Å². The predicted molar refractivity (Wildman–Crippen MR) is 72.2 cm³/mol. The molecule has 1 aliphatic carbocycles. The molecule has 0 atom stereocenters. The van der Waals surface area contributed by atoms with Crippen LogP contribution in [0.5, 0.6) is 0 Å². The van der Waals surface area contributed by atoms with Crippen LogP contribution in [0, 0.1) is 0 Å². The second-order valence-electron chi connectivity index (χ2n) is 5.38. The molecule has 0 amide bonds. The van der Waals surface area contributed by atoms with Gasteiger partial charge in [-0.2, -0.15) is 0 Å². The van der Waals surface area contributed by atoms with Crippen molar-refractivity contribution in [2.45, 2.75) is 57.7 Å². The van der Waals surface area contributed by atoms with Gasteiger partial charge in [0.05, 0.1) is 12.2 Å². The average Bonchev–Trinajstić information content (AvgIpc) is 2.65. The van der Waals surface area contributed by atoms with E-state index in [-0.39, 0.29) is 0 Å². The smallest absolute Gasteiger partial charge is 0.151 e. The summed E-state index contributed by atoms with van der Waals surface area (Å²) in [6.45, 7) is 1.65. The summed E-state index contributed by atoms with van der Waals surface area (Å²) in [5.41, 5.74) is 0.988. The molecular weight excluding hydrogens is 226 g/mol. The van der Waals surface area contributed by atoms with Gasteiger partial charge in [-0.1, -0.05) is 30.8 Å². The Labute approximate surface area is 110 Å². The van der Waals surface area contributed by atoms with Gasteiger partial charge in [0.25, 0.3) is 0 Å². The predicted octanol–water partition coefficient (Wildman–Crippen LogP) is 2.55. The highest BCUT2D eigenvalue weighted by atomic mass is 16.5. The number of aromatic nitrogens is 1. The number of nitrogens with zero attached hydrogens (tertiary/aromatic N) is 2. The lowest BCUT2D eigenvalue weighted by Crippen LogP contribution is -2.30. The van der Waals surface area contributed by atoms with Gasteiger partial charge in [0, 0.05) is 18.7 Å². The van der Waals surface area contributed by atoms with Gasteiger partial charge in [-0.3, -0.25) is 4.90 Å². The van der Waals surface area contributed by atoms with E-state index in [1.54, 1.807) is 0 Å². The molecular formula is C14H25N3O. The normalized spacial score (nSPS) is 18.2. The van der Waals surface area contributed by atoms with E-state index in [0.717, 1.165) is 24.5 Å². The molecule has 2 rings (SSSR count). The molecule has 0 aromatic carbocycles. The van der Waals surface area contributed by atoms with E-state index in [1.165, 1.54) is 38.5 Å². The molecule has 0 aliphatic heterocycles. The Hall–Kier alpha value is -0.870. The van der Waals surface area contributed by atoms with E-state index in [2.05, 4.69) is 28.5 Å². The fourth-order valence-electron chi connectivity index (χ4n) is 2.77. The van der Waals surface area contributed by atoms with E-state index in [4.69, 9.17) is 4.52 Å². The first-order chi connectivity index (χ1) is 8.79. The first-order valence-corrected chi connectivity index (χ1v) is 7.09. The van der Waals surface area contributed by atoms with Crippen LogP contribution in [0.15, 0.2) is 10.6 Å². The zero-order chi connectivity index (χ0) is 12.8. The quantitative estimate of drug-likeness (QED) is 0.817. The Morgan fingerprint density at radius 3 is 2.72 bits per heavy atom. The van der Waals surface area contributed by atoms with Crippen molar-refractivity contribution in [1.82, 2.24) is 15.4 Å². The minimum atomic E-state index is 0.713. The van der Waals surface area contributed by atoms with Gasteiger partial charge in [-0.15, -0.1) is 0 Å². The summed E-state index contributed by atoms with van der Waals surface area (Å²) in [4.78, 5) is 2.43. The lowest BCUT2D eigenvalue weighted by molar-refractivity contribution is 0.190. The summed E-state index contributed by atoms with van der Waals surface area (Å²) < 4.78 is 5.38. The van der Waals surface area contributed by atoms with E-state index in [0.29, 0.717) is 6.04 Å². The highest BCUT2D eigenvalue weighted by Crippen LogP contribution is 2.22. The molecule has 0 unspecified atom stereocenters. The van der Waals surface area contributed by atoms with Crippen LogP contribution in [0.4, 0.5) is 0 Å². The molecule has 0 radical (unpaired) electrons. The first kappa shape index (κ1) is 13.6. The summed E-state index contributed by atoms with van der Waals surface area (Å²) in [6.07, 6.45) is 8.20. The van der Waals surface area contributed by atoms with Crippen molar-refractivity contribution >= 4 is 0 Å². The van der Waals surface area contributed by atoms with E-state index < -0.39 is 0 Å². The molecule has 4 nitrogen and oxygen atoms in total. The SMILES string of the molecule is CNCc1cc(CN(C)C2CCCCCC2)on1. The van der Waals surface area contributed by atoms with Gasteiger partial charge >= 0.3 is 0 Å². The lowest BCUT2D eigenvalue weighted by Gasteiger charge is -2.25. The summed E-state index contributed by atoms with van der Waals surface area (Å²) in [7, 11) is 4.13. The maximum Gasteiger partial charge on any atom is 0.151 e. The molecule has 1 aromatic heterocycles. The Bertz CT molecular complexity index is 343. The van der Waals surface area contributed by atoms with Crippen LogP contribution in [0.25, 0.3) is 0 Å². The second-order valence-corrected chi connectivity index (χ2v) is 5.38. The molecule has 102 valence electrons. The Morgan fingerprint density at radius 1 is 1.33 bits per heavy atom. The maximum absolute atomic E-state index is 5.38. The topological polar surface area (TPSA) is 41.3 Å². The molecule has 1 heterocycles. The Morgan fingerprint density at radius 2 is 2.06 bits per heavy atom. The highest BCUT2D eigenvalue weighted by Gasteiger charge is 2.18. The van der Waals surface area contributed by atoms with Crippen LogP contribution in [0.3, 0.4) is 0 Å². The van der Waals surface area contributed by atoms with E-state index in [1.807, 2.05) is 7.05 Å². The van der Waals surface area contributed by atoms with Crippen molar-refractivity contribution in [1.29, 1.82) is 0 Å². The minimum absolute atomic E-state index is 0.713. The van der Waals surface area contributed by atoms with Crippen LogP contribution in [0.1, 0.15) is 50.0 Å². The number of rotatable bonds is 5. The van der Waals surface area contributed by atoms with Crippen LogP contribution < -0.4 is 5.32 Å². The van der Waals surface area contributed by atoms with Gasteiger partial charge in [-0.25, -0.2) is 0 Å². The van der Waals surface area contributed by atoms with Crippen LogP contribution in [-0.4, -0.2) is 30.2 Å². The molecule has 1 aromatic rings. The van der Waals surface area contributed by atoms with Crippen molar-refractivity contribution in [2.75, 3.05) is 14.1 Å². The van der Waals surface area contributed by atoms with Crippen LogP contribution in [-0.2, 0) is 13.1 Å². The first-order valence-electron chi connectivity index (χ1n) is 7.09. The van der Waals surface area contributed by atoms with Gasteiger partial charge in [0.15, 0.2) is 5.76 Å². The molecule has 0 saturated heterocycles. The number of hydrogen-bond acceptors (Lipinski definition) is 4. The Kier molecular flexibility index (Phi) is 5.20. The summed E-state index contributed by atoms with van der Waals surface area (Å²) in [5.74, 6) is 0.979. The fraction of sp³-hybridized carbons (Fsp3) is 0.786. The third-order valence-electron chi connectivity index (χ3n) is 3.82. The Balaban J connectivity index is 1.86. The molecule has 0 bridgehead atoms. The highest BCUT2D eigenvalue weighted by molar-refractivity contribution is 5.05. The zero-order valence-electron chi connectivity index (χ0n) is 11.6. The van der Waals surface area contributed by atoms with Crippen molar-refractivity contribution in [3.05, 3.63) is 17.5 Å². The number of nitrogens with one attached hydrogen (secondary N) is 1. The van der Waals surface area contributed by atoms with Gasteiger partial charge in [-0.05, 0) is 26.9 Å². The van der Waals surface area contributed by atoms with Crippen molar-refractivity contribution < 1.29 is 4.52 Å². The largest absolute Gasteiger partial charge is 0.360 e. The third kappa shape index (κ3) is 3.82. The molecule has 1 saturated carbocycles. The maximum atomic E-state index is 5.38. The van der Waals surface area contributed by atoms with Crippen molar-refractivity contribution in [3.8, 4) is 0 Å². The van der Waals surface area contributed by atoms with Gasteiger partial charge in [0.1, 0.15) is 0 Å². The third-order valence-corrected chi connectivity index (χ3v) is 3.82. The number of hydrogen-bond donors (Lipinski definition) is 1. The summed E-state index contributed by atoms with van der Waals surface area (Å²) >= 11 is 0. The van der Waals surface area contributed by atoms with E-state index in [9.17, 15) is 0 Å². The monoisotopic (exact) mass is 251 g/mol. The molecule has 4 heteroatoms. The molecule has 1 N–H and O–H groups in total. The zero-order valence-corrected chi connectivity index (χ0v) is 11.6. The molecule has 1 fully saturated rings. The standard InChI is InChI=1S/C14H25N3O/c1-15-10-12-9-14(18-16-12)11-17(2)13-7-5-3-4-6-8-13/h9,13,15H,3-8,10-11H2,1-2H3. The van der Waals surface area contributed by atoms with Gasteiger partial charge < -0.3 is 9.84 Å². The van der Waals surface area contributed by atoms with Crippen molar-refractivity contribution in [3.63, 3.8) is 0 Å². The van der Waals surface area contributed by atoms with E-state index >= 15 is 0 Å².